The summed E-state index contributed by atoms with van der Waals surface area (Å²) in [7, 11) is 1.68. The monoisotopic (exact) mass is 292 g/mol. The van der Waals surface area contributed by atoms with E-state index in [4.69, 9.17) is 10.2 Å². The van der Waals surface area contributed by atoms with Gasteiger partial charge in [0.2, 0.25) is 5.71 Å². The van der Waals surface area contributed by atoms with Crippen LogP contribution in [0.4, 0.5) is 0 Å². The topological polar surface area (TPSA) is 105 Å². The lowest BCUT2D eigenvalue weighted by Crippen LogP contribution is -2.40. The molecule has 3 N–H and O–H groups in total. The zero-order chi connectivity index (χ0) is 15.8. The molecule has 7 heteroatoms. The van der Waals surface area contributed by atoms with Gasteiger partial charge < -0.3 is 20.0 Å². The van der Waals surface area contributed by atoms with E-state index in [0.717, 1.165) is 0 Å². The number of nitrogens with one attached hydrogen (secondary N) is 1. The summed E-state index contributed by atoms with van der Waals surface area (Å²) in [6.45, 7) is 6.54. The minimum atomic E-state index is -0.383. The summed E-state index contributed by atoms with van der Waals surface area (Å²) in [5.74, 6) is 0.114. The Morgan fingerprint density at radius 3 is 2.81 bits per heavy atom. The van der Waals surface area contributed by atoms with Gasteiger partial charge in [-0.05, 0) is 18.9 Å². The Hall–Kier alpha value is -2.15. The van der Waals surface area contributed by atoms with Gasteiger partial charge in [0.05, 0.1) is 11.9 Å². The Morgan fingerprint density at radius 1 is 1.52 bits per heavy atom. The van der Waals surface area contributed by atoms with Gasteiger partial charge in [-0.3, -0.25) is 9.59 Å². The highest BCUT2D eigenvalue weighted by atomic mass is 16.3. The molecule has 2 aromatic rings. The molecule has 7 nitrogen and oxygen atoms in total. The molecule has 0 radical (unpaired) electrons. The summed E-state index contributed by atoms with van der Waals surface area (Å²) in [6, 6.07) is 0. The summed E-state index contributed by atoms with van der Waals surface area (Å²) in [5, 5.41) is 0.192. The predicted octanol–water partition coefficient (Wildman–Crippen LogP) is 0.881. The van der Waals surface area contributed by atoms with Crippen molar-refractivity contribution < 1.29 is 9.21 Å². The van der Waals surface area contributed by atoms with Gasteiger partial charge in [-0.15, -0.1) is 0 Å². The number of carbonyl (C=O) groups is 1. The van der Waals surface area contributed by atoms with Crippen LogP contribution in [-0.2, 0) is 0 Å². The van der Waals surface area contributed by atoms with Gasteiger partial charge in [-0.2, -0.15) is 0 Å². The molecule has 0 atom stereocenters. The van der Waals surface area contributed by atoms with Crippen molar-refractivity contribution in [1.82, 2.24) is 14.9 Å². The first kappa shape index (κ1) is 15.2. The molecule has 0 unspecified atom stereocenters. The quantitative estimate of drug-likeness (QED) is 0.870. The highest BCUT2D eigenvalue weighted by Gasteiger charge is 2.27. The number of hydrogen-bond donors (Lipinski definition) is 2. The minimum absolute atomic E-state index is 0.172. The second-order valence-electron chi connectivity index (χ2n) is 5.97. The molecule has 0 aliphatic heterocycles. The third kappa shape index (κ3) is 2.82. The van der Waals surface area contributed by atoms with E-state index < -0.39 is 0 Å². The average Bonchev–Trinajstić information content (AvgIpc) is 2.75. The molecule has 2 heterocycles. The lowest BCUT2D eigenvalue weighted by molar-refractivity contribution is 0.0740. The number of aryl methyl sites for hydroxylation is 1. The number of aromatic nitrogens is 2. The molecule has 0 fully saturated rings. The lowest BCUT2D eigenvalue weighted by Gasteiger charge is -2.28. The number of H-pyrrole nitrogens is 1. The number of nitrogens with two attached hydrogens (primary N) is 1. The van der Waals surface area contributed by atoms with E-state index in [1.807, 2.05) is 13.8 Å². The first-order valence-corrected chi connectivity index (χ1v) is 6.69. The minimum Gasteiger partial charge on any atom is -0.442 e. The van der Waals surface area contributed by atoms with Crippen molar-refractivity contribution in [2.24, 2.45) is 11.1 Å². The van der Waals surface area contributed by atoms with Gasteiger partial charge >= 0.3 is 0 Å². The van der Waals surface area contributed by atoms with Crippen LogP contribution in [0.1, 0.15) is 30.0 Å². The Bertz CT molecular complexity index is 729. The number of fused-ring (bicyclic) bond motifs is 1. The van der Waals surface area contributed by atoms with Crippen molar-refractivity contribution in [2.45, 2.75) is 20.8 Å². The molecule has 0 aromatic carbocycles. The standard InChI is InChI=1S/C14H20N4O3/c1-8-9(10-11(19)16-7-17-12(10)21-8)13(20)18(4)6-14(2,3)5-15/h7H,5-6,15H2,1-4H3,(H,16,17,19). The maximum absolute atomic E-state index is 12.6. The van der Waals surface area contributed by atoms with Crippen LogP contribution in [0.25, 0.3) is 11.1 Å². The maximum atomic E-state index is 12.6. The highest BCUT2D eigenvalue weighted by molar-refractivity contribution is 6.06. The third-order valence-corrected chi connectivity index (χ3v) is 3.45. The fourth-order valence-corrected chi connectivity index (χ4v) is 2.28. The SMILES string of the molecule is Cc1oc2nc[nH]c(=O)c2c1C(=O)N(C)CC(C)(C)CN. The highest BCUT2D eigenvalue weighted by Crippen LogP contribution is 2.23. The van der Waals surface area contributed by atoms with Crippen molar-refractivity contribution in [2.75, 3.05) is 20.1 Å². The summed E-state index contributed by atoms with van der Waals surface area (Å²) >= 11 is 0. The molecule has 1 amide bonds. The molecule has 2 aromatic heterocycles. The average molecular weight is 292 g/mol. The number of hydrogen-bond acceptors (Lipinski definition) is 5. The zero-order valence-electron chi connectivity index (χ0n) is 12.7. The molecule has 21 heavy (non-hydrogen) atoms. The van der Waals surface area contributed by atoms with Crippen LogP contribution in [0.3, 0.4) is 0 Å². The van der Waals surface area contributed by atoms with Crippen molar-refractivity contribution in [1.29, 1.82) is 0 Å². The Labute approximate surface area is 122 Å². The number of aromatic amines is 1. The second-order valence-corrected chi connectivity index (χ2v) is 5.97. The lowest BCUT2D eigenvalue weighted by atomic mass is 9.93. The van der Waals surface area contributed by atoms with E-state index in [-0.39, 0.29) is 33.5 Å². The molecule has 0 bridgehead atoms. The molecule has 0 saturated carbocycles. The van der Waals surface area contributed by atoms with Crippen LogP contribution < -0.4 is 11.3 Å². The molecule has 2 rings (SSSR count). The smallest absolute Gasteiger partial charge is 0.262 e. The maximum Gasteiger partial charge on any atom is 0.262 e. The van der Waals surface area contributed by atoms with Crippen molar-refractivity contribution in [3.8, 4) is 0 Å². The molecular formula is C14H20N4O3. The predicted molar refractivity (Wildman–Crippen MR) is 79.2 cm³/mol. The number of nitrogens with zero attached hydrogens (tertiary/aromatic N) is 2. The summed E-state index contributed by atoms with van der Waals surface area (Å²) < 4.78 is 5.40. The van der Waals surface area contributed by atoms with E-state index in [1.165, 1.54) is 6.33 Å². The Morgan fingerprint density at radius 2 is 2.19 bits per heavy atom. The van der Waals surface area contributed by atoms with Crippen LogP contribution in [0, 0.1) is 12.3 Å². The molecule has 0 aliphatic carbocycles. The van der Waals surface area contributed by atoms with Gasteiger partial charge in [0, 0.05) is 13.6 Å². The Kier molecular flexibility index (Phi) is 3.87. The first-order valence-electron chi connectivity index (χ1n) is 6.69. The van der Waals surface area contributed by atoms with Gasteiger partial charge in [-0.25, -0.2) is 4.98 Å². The van der Waals surface area contributed by atoms with Crippen LogP contribution in [0.5, 0.6) is 0 Å². The van der Waals surface area contributed by atoms with Crippen LogP contribution in [-0.4, -0.2) is 40.9 Å². The fourth-order valence-electron chi connectivity index (χ4n) is 2.28. The number of amides is 1. The number of rotatable bonds is 4. The van der Waals surface area contributed by atoms with Crippen LogP contribution in [0.2, 0.25) is 0 Å². The molecule has 114 valence electrons. The van der Waals surface area contributed by atoms with Gasteiger partial charge in [-0.1, -0.05) is 13.8 Å². The van der Waals surface area contributed by atoms with Crippen LogP contribution in [0.15, 0.2) is 15.5 Å². The van der Waals surface area contributed by atoms with Crippen molar-refractivity contribution in [3.63, 3.8) is 0 Å². The largest absolute Gasteiger partial charge is 0.442 e. The van der Waals surface area contributed by atoms with E-state index in [2.05, 4.69) is 9.97 Å². The second kappa shape index (κ2) is 5.33. The Balaban J connectivity index is 2.45. The summed E-state index contributed by atoms with van der Waals surface area (Å²) in [4.78, 5) is 32.5. The van der Waals surface area contributed by atoms with E-state index in [9.17, 15) is 9.59 Å². The zero-order valence-corrected chi connectivity index (χ0v) is 12.7. The molecule has 0 spiro atoms. The normalized spacial score (nSPS) is 11.9. The van der Waals surface area contributed by atoms with E-state index in [0.29, 0.717) is 18.8 Å². The van der Waals surface area contributed by atoms with Gasteiger partial charge in [0.25, 0.3) is 11.5 Å². The van der Waals surface area contributed by atoms with E-state index in [1.54, 1.807) is 18.9 Å². The molecule has 0 aliphatic rings. The van der Waals surface area contributed by atoms with Crippen LogP contribution >= 0.6 is 0 Å². The van der Waals surface area contributed by atoms with Crippen molar-refractivity contribution in [3.05, 3.63) is 28.0 Å². The molecule has 0 saturated heterocycles. The van der Waals surface area contributed by atoms with Gasteiger partial charge in [0.15, 0.2) is 0 Å². The van der Waals surface area contributed by atoms with Crippen molar-refractivity contribution >= 4 is 17.0 Å². The number of carbonyl (C=O) groups excluding carboxylic acids is 1. The van der Waals surface area contributed by atoms with Gasteiger partial charge in [0.1, 0.15) is 11.1 Å². The number of furan rings is 1. The summed E-state index contributed by atoms with van der Waals surface area (Å²) in [5.41, 5.74) is 5.54. The molecular weight excluding hydrogens is 272 g/mol. The third-order valence-electron chi connectivity index (χ3n) is 3.45. The van der Waals surface area contributed by atoms with E-state index >= 15 is 0 Å². The summed E-state index contributed by atoms with van der Waals surface area (Å²) in [6.07, 6.45) is 1.25. The fraction of sp³-hybridized carbons (Fsp3) is 0.500. The first-order chi connectivity index (χ1) is 9.76.